The van der Waals surface area contributed by atoms with Crippen LogP contribution in [-0.2, 0) is 6.54 Å². The molecule has 0 bridgehead atoms. The lowest BCUT2D eigenvalue weighted by atomic mass is 10.3. The summed E-state index contributed by atoms with van der Waals surface area (Å²) in [7, 11) is 0. The van der Waals surface area contributed by atoms with Crippen molar-refractivity contribution in [2.24, 2.45) is 0 Å². The number of imidazole rings is 1. The van der Waals surface area contributed by atoms with Gasteiger partial charge in [0.05, 0.1) is 11.9 Å². The average molecular weight is 353 g/mol. The number of nitrogens with two attached hydrogens (primary N) is 1. The van der Waals surface area contributed by atoms with Crippen LogP contribution in [0.3, 0.4) is 0 Å². The third-order valence-corrected chi connectivity index (χ3v) is 3.55. The molecular formula is C16H19N9O. The minimum atomic E-state index is -0.342. The highest BCUT2D eigenvalue weighted by Gasteiger charge is 2.10. The lowest BCUT2D eigenvalue weighted by Crippen LogP contribution is -2.30. The van der Waals surface area contributed by atoms with Gasteiger partial charge >= 0.3 is 0 Å². The fourth-order valence-corrected chi connectivity index (χ4v) is 2.21. The third-order valence-electron chi connectivity index (χ3n) is 3.55. The van der Waals surface area contributed by atoms with E-state index in [0.29, 0.717) is 29.4 Å². The van der Waals surface area contributed by atoms with Crippen molar-refractivity contribution in [3.63, 3.8) is 0 Å². The van der Waals surface area contributed by atoms with E-state index in [1.165, 1.54) is 12.5 Å². The van der Waals surface area contributed by atoms with E-state index in [9.17, 15) is 4.79 Å². The minimum Gasteiger partial charge on any atom is -0.393 e. The first kappa shape index (κ1) is 17.1. The molecule has 3 rings (SSSR count). The highest BCUT2D eigenvalue weighted by molar-refractivity contribution is 5.94. The maximum atomic E-state index is 12.0. The molecule has 5 N–H and O–H groups in total. The van der Waals surface area contributed by atoms with Gasteiger partial charge < -0.3 is 15.6 Å². The SMILES string of the molecule is Nc1c(NCCCn2ccnc2)ncnc1NNC(=O)c1cccnc1. The summed E-state index contributed by atoms with van der Waals surface area (Å²) in [5.74, 6) is 0.476. The van der Waals surface area contributed by atoms with Crippen molar-refractivity contribution in [3.05, 3.63) is 55.1 Å². The van der Waals surface area contributed by atoms with Gasteiger partial charge in [-0.2, -0.15) is 0 Å². The highest BCUT2D eigenvalue weighted by atomic mass is 16.2. The number of carbonyl (C=O) groups is 1. The number of nitrogen functional groups attached to an aromatic ring is 1. The highest BCUT2D eigenvalue weighted by Crippen LogP contribution is 2.21. The van der Waals surface area contributed by atoms with Gasteiger partial charge in [0, 0.05) is 37.9 Å². The van der Waals surface area contributed by atoms with Gasteiger partial charge in [-0.25, -0.2) is 15.0 Å². The van der Waals surface area contributed by atoms with Crippen LogP contribution >= 0.6 is 0 Å². The van der Waals surface area contributed by atoms with Gasteiger partial charge in [-0.3, -0.25) is 20.6 Å². The molecule has 10 heteroatoms. The summed E-state index contributed by atoms with van der Waals surface area (Å²) < 4.78 is 1.99. The molecule has 26 heavy (non-hydrogen) atoms. The molecule has 10 nitrogen and oxygen atoms in total. The number of nitrogens with one attached hydrogen (secondary N) is 3. The number of amides is 1. The lowest BCUT2D eigenvalue weighted by Gasteiger charge is -2.13. The van der Waals surface area contributed by atoms with E-state index < -0.39 is 0 Å². The Balaban J connectivity index is 1.52. The molecule has 0 spiro atoms. The number of hydrogen-bond donors (Lipinski definition) is 4. The maximum Gasteiger partial charge on any atom is 0.271 e. The summed E-state index contributed by atoms with van der Waals surface area (Å²) in [5.41, 5.74) is 12.0. The molecule has 0 aromatic carbocycles. The van der Waals surface area contributed by atoms with Crippen LogP contribution in [0.1, 0.15) is 16.8 Å². The van der Waals surface area contributed by atoms with E-state index in [1.54, 1.807) is 30.9 Å². The van der Waals surface area contributed by atoms with Crippen LogP contribution in [0.2, 0.25) is 0 Å². The van der Waals surface area contributed by atoms with Gasteiger partial charge in [0.15, 0.2) is 11.6 Å². The van der Waals surface area contributed by atoms with E-state index >= 15 is 0 Å². The molecule has 0 fully saturated rings. The van der Waals surface area contributed by atoms with E-state index in [2.05, 4.69) is 36.1 Å². The fourth-order valence-electron chi connectivity index (χ4n) is 2.21. The van der Waals surface area contributed by atoms with Crippen LogP contribution in [-0.4, -0.2) is 37.0 Å². The molecule has 0 saturated heterocycles. The standard InChI is InChI=1S/C16H19N9O/c17-13-14(20-5-2-7-25-8-6-19-11-25)21-10-22-15(13)23-24-16(26)12-3-1-4-18-9-12/h1,3-4,6,8-11H,2,5,7,17H2,(H,24,26)(H2,20,21,22,23). The van der Waals surface area contributed by atoms with Gasteiger partial charge in [0.25, 0.3) is 5.91 Å². The lowest BCUT2D eigenvalue weighted by molar-refractivity contribution is 0.0962. The van der Waals surface area contributed by atoms with Crippen LogP contribution in [0.25, 0.3) is 0 Å². The van der Waals surface area contributed by atoms with Crippen molar-refractivity contribution in [2.75, 3.05) is 23.0 Å². The first-order valence-electron chi connectivity index (χ1n) is 8.00. The predicted octanol–water partition coefficient (Wildman–Crippen LogP) is 0.909. The minimum absolute atomic E-state index is 0.314. The fraction of sp³-hybridized carbons (Fsp3) is 0.188. The Morgan fingerprint density at radius 1 is 1.19 bits per heavy atom. The summed E-state index contributed by atoms with van der Waals surface area (Å²) in [6.07, 6.45) is 10.7. The van der Waals surface area contributed by atoms with Gasteiger partial charge in [0.2, 0.25) is 0 Å². The second-order valence-electron chi connectivity index (χ2n) is 5.39. The number of pyridine rings is 1. The Morgan fingerprint density at radius 2 is 2.08 bits per heavy atom. The zero-order chi connectivity index (χ0) is 18.2. The van der Waals surface area contributed by atoms with Gasteiger partial charge in [-0.05, 0) is 18.6 Å². The van der Waals surface area contributed by atoms with Gasteiger partial charge in [-0.15, -0.1) is 0 Å². The number of hydrazine groups is 1. The molecule has 3 aromatic heterocycles. The first-order chi connectivity index (χ1) is 12.7. The van der Waals surface area contributed by atoms with E-state index in [0.717, 1.165) is 13.0 Å². The van der Waals surface area contributed by atoms with Gasteiger partial charge in [-0.1, -0.05) is 0 Å². The summed E-state index contributed by atoms with van der Waals surface area (Å²) in [5, 5.41) is 3.16. The number of hydrogen-bond acceptors (Lipinski definition) is 8. The van der Waals surface area contributed by atoms with Crippen molar-refractivity contribution in [2.45, 2.75) is 13.0 Å². The summed E-state index contributed by atoms with van der Waals surface area (Å²) in [6, 6.07) is 3.33. The van der Waals surface area contributed by atoms with Crippen molar-refractivity contribution in [1.29, 1.82) is 0 Å². The molecule has 0 radical (unpaired) electrons. The third kappa shape index (κ3) is 4.44. The molecular weight excluding hydrogens is 334 g/mol. The van der Waals surface area contributed by atoms with Gasteiger partial charge in [0.1, 0.15) is 12.0 Å². The number of nitrogens with zero attached hydrogens (tertiary/aromatic N) is 5. The van der Waals surface area contributed by atoms with Crippen LogP contribution in [0, 0.1) is 0 Å². The maximum absolute atomic E-state index is 12.0. The topological polar surface area (TPSA) is 136 Å². The number of aryl methyl sites for hydroxylation is 1. The number of rotatable bonds is 8. The molecule has 0 aliphatic carbocycles. The van der Waals surface area contributed by atoms with Crippen LogP contribution < -0.4 is 21.9 Å². The molecule has 1 amide bonds. The molecule has 3 heterocycles. The van der Waals surface area contributed by atoms with E-state index in [4.69, 9.17) is 5.73 Å². The second-order valence-corrected chi connectivity index (χ2v) is 5.39. The Bertz CT molecular complexity index is 836. The summed E-state index contributed by atoms with van der Waals surface area (Å²) in [4.78, 5) is 28.1. The van der Waals surface area contributed by atoms with E-state index in [1.807, 2.05) is 10.8 Å². The predicted molar refractivity (Wildman–Crippen MR) is 97.1 cm³/mol. The normalized spacial score (nSPS) is 10.3. The quantitative estimate of drug-likeness (QED) is 0.346. The summed E-state index contributed by atoms with van der Waals surface area (Å²) >= 11 is 0. The smallest absolute Gasteiger partial charge is 0.271 e. The molecule has 0 aliphatic rings. The molecule has 134 valence electrons. The Morgan fingerprint density at radius 3 is 2.85 bits per heavy atom. The summed E-state index contributed by atoms with van der Waals surface area (Å²) in [6.45, 7) is 1.52. The molecule has 0 saturated carbocycles. The molecule has 0 unspecified atom stereocenters. The molecule has 3 aromatic rings. The zero-order valence-electron chi connectivity index (χ0n) is 14.0. The largest absolute Gasteiger partial charge is 0.393 e. The number of anilines is 3. The Hall–Kier alpha value is -3.69. The zero-order valence-corrected chi connectivity index (χ0v) is 14.0. The Labute approximate surface area is 149 Å². The number of aromatic nitrogens is 5. The first-order valence-corrected chi connectivity index (χ1v) is 8.00. The van der Waals surface area contributed by atoms with E-state index in [-0.39, 0.29) is 5.91 Å². The number of carbonyl (C=O) groups excluding carboxylic acids is 1. The van der Waals surface area contributed by atoms with Crippen molar-refractivity contribution in [1.82, 2.24) is 29.9 Å². The van der Waals surface area contributed by atoms with Crippen molar-refractivity contribution in [3.8, 4) is 0 Å². The molecule has 0 atom stereocenters. The monoisotopic (exact) mass is 353 g/mol. The van der Waals surface area contributed by atoms with Crippen LogP contribution in [0.15, 0.2) is 49.6 Å². The van der Waals surface area contributed by atoms with Crippen LogP contribution in [0.5, 0.6) is 0 Å². The Kier molecular flexibility index (Phi) is 5.55. The van der Waals surface area contributed by atoms with Crippen molar-refractivity contribution < 1.29 is 4.79 Å². The van der Waals surface area contributed by atoms with Crippen molar-refractivity contribution >= 4 is 23.2 Å². The average Bonchev–Trinajstić information content (AvgIpc) is 3.19. The van der Waals surface area contributed by atoms with Crippen LogP contribution in [0.4, 0.5) is 17.3 Å². The second kappa shape index (κ2) is 8.42. The molecule has 0 aliphatic heterocycles.